The summed E-state index contributed by atoms with van der Waals surface area (Å²) in [5.41, 5.74) is 0. The van der Waals surface area contributed by atoms with Gasteiger partial charge in [0.15, 0.2) is 0 Å². The van der Waals surface area contributed by atoms with Gasteiger partial charge in [0.05, 0.1) is 0 Å². The van der Waals surface area contributed by atoms with Crippen LogP contribution in [0.2, 0.25) is 0 Å². The molecule has 0 atom stereocenters. The Kier molecular flexibility index (Phi) is 7.63. The van der Waals surface area contributed by atoms with Gasteiger partial charge in [0.2, 0.25) is -0.330 Å². The van der Waals surface area contributed by atoms with Crippen molar-refractivity contribution in [2.75, 3.05) is 0 Å². The van der Waals surface area contributed by atoms with Crippen molar-refractivity contribution in [3.8, 4) is 0 Å². The first-order valence-corrected chi connectivity index (χ1v) is 5.63. The van der Waals surface area contributed by atoms with E-state index in [1.165, 1.54) is 45.2 Å². The molecule has 9 heavy (non-hydrogen) atoms. The third-order valence-corrected chi connectivity index (χ3v) is 5.28. The second-order valence-electron chi connectivity index (χ2n) is 0.900. The maximum Gasteiger partial charge on any atom is 1.00 e. The molecule has 0 amide bonds. The molecule has 0 unspecified atom stereocenters. The minimum absolute atomic E-state index is 0. The molecule has 0 radical (unpaired) electrons. The summed E-state index contributed by atoms with van der Waals surface area (Å²) in [6.45, 7) is 0. The Balaban J connectivity index is 0. The van der Waals surface area contributed by atoms with Crippen molar-refractivity contribution < 1.29 is 42.5 Å². The zero-order valence-corrected chi connectivity index (χ0v) is 13.0. The average molecular weight is 449 g/mol. The third-order valence-electron chi connectivity index (χ3n) is 0.283. The van der Waals surface area contributed by atoms with Crippen LogP contribution in [-0.2, 0) is 10.1 Å². The predicted molar refractivity (Wildman–Crippen MR) is 49.4 cm³/mol. The summed E-state index contributed by atoms with van der Waals surface area (Å²) in [4.78, 5) is 0. The fourth-order valence-electron chi connectivity index (χ4n) is 0. The SMILES string of the molecule is O=S(=O)([O-])C(Br)(I)I.[Na+]. The molecule has 0 aliphatic heterocycles. The molecule has 3 nitrogen and oxygen atoms in total. The molecule has 0 heterocycles. The first-order chi connectivity index (χ1) is 3.25. The summed E-state index contributed by atoms with van der Waals surface area (Å²) in [5.74, 6) is 0. The summed E-state index contributed by atoms with van der Waals surface area (Å²) in [6, 6.07) is 0. The maximum atomic E-state index is 10.0. The number of hydrogen-bond donors (Lipinski definition) is 0. The zero-order chi connectivity index (χ0) is 7.00. The Morgan fingerprint density at radius 3 is 1.56 bits per heavy atom. The minimum atomic E-state index is -4.20. The molecule has 0 aliphatic rings. The van der Waals surface area contributed by atoms with Crippen molar-refractivity contribution >= 4 is 71.2 Å². The molecule has 0 saturated heterocycles. The quantitative estimate of drug-likeness (QED) is 0.210. The van der Waals surface area contributed by atoms with Gasteiger partial charge >= 0.3 is 29.6 Å². The maximum absolute atomic E-state index is 10.0. The van der Waals surface area contributed by atoms with Crippen LogP contribution < -0.4 is 29.6 Å². The summed E-state index contributed by atoms with van der Waals surface area (Å²) < 4.78 is 28.7. The topological polar surface area (TPSA) is 57.2 Å². The molecule has 0 spiro atoms. The van der Waals surface area contributed by atoms with Crippen LogP contribution in [0.3, 0.4) is 0 Å². The molecule has 0 aromatic carbocycles. The minimum Gasteiger partial charge on any atom is -0.746 e. The van der Waals surface area contributed by atoms with Gasteiger partial charge in [-0.25, -0.2) is 8.42 Å². The van der Waals surface area contributed by atoms with E-state index in [4.69, 9.17) is 0 Å². The van der Waals surface area contributed by atoms with Crippen LogP contribution in [0, 0.1) is 0 Å². The number of halogens is 3. The Hall–Kier alpha value is 2.85. The van der Waals surface area contributed by atoms with Gasteiger partial charge in [0, 0.05) is 0 Å². The fourth-order valence-corrected chi connectivity index (χ4v) is 0. The van der Waals surface area contributed by atoms with Crippen LogP contribution >= 0.6 is 61.1 Å². The smallest absolute Gasteiger partial charge is 0.746 e. The molecular formula is CBrI2NaO3S. The Labute approximate surface area is 111 Å². The molecule has 50 valence electrons. The summed E-state index contributed by atoms with van der Waals surface area (Å²) in [5, 5.41) is 0. The molecule has 0 aromatic rings. The molecule has 0 saturated carbocycles. The van der Waals surface area contributed by atoms with Gasteiger partial charge < -0.3 is 4.55 Å². The normalized spacial score (nSPS) is 12.4. The van der Waals surface area contributed by atoms with E-state index in [9.17, 15) is 13.0 Å². The van der Waals surface area contributed by atoms with Gasteiger partial charge in [0.25, 0.3) is 0 Å². The summed E-state index contributed by atoms with van der Waals surface area (Å²) >= 11 is 5.64. The van der Waals surface area contributed by atoms with Crippen molar-refractivity contribution in [1.82, 2.24) is 0 Å². The van der Waals surface area contributed by atoms with Crippen LogP contribution in [0.25, 0.3) is 0 Å². The molecule has 0 bridgehead atoms. The van der Waals surface area contributed by atoms with Gasteiger partial charge in [-0.05, 0) is 61.1 Å². The summed E-state index contributed by atoms with van der Waals surface area (Å²) in [7, 11) is -4.20. The fraction of sp³-hybridized carbons (Fsp3) is 1.00. The van der Waals surface area contributed by atoms with Crippen LogP contribution in [0.5, 0.6) is 0 Å². The van der Waals surface area contributed by atoms with Gasteiger partial charge in [0.1, 0.15) is 10.1 Å². The Morgan fingerprint density at radius 1 is 1.44 bits per heavy atom. The van der Waals surface area contributed by atoms with E-state index < -0.39 is 9.79 Å². The van der Waals surface area contributed by atoms with Crippen LogP contribution in [0.1, 0.15) is 0 Å². The molecular weight excluding hydrogens is 449 g/mol. The number of rotatable bonds is 1. The second-order valence-corrected chi connectivity index (χ2v) is 13.9. The van der Waals surface area contributed by atoms with Crippen molar-refractivity contribution in [3.63, 3.8) is 0 Å². The zero-order valence-electron chi connectivity index (χ0n) is 4.27. The molecule has 0 aromatic heterocycles. The van der Waals surface area contributed by atoms with E-state index in [1.807, 2.05) is 0 Å². The van der Waals surface area contributed by atoms with E-state index in [2.05, 4.69) is 15.9 Å². The first kappa shape index (κ1) is 14.4. The third kappa shape index (κ3) is 6.05. The van der Waals surface area contributed by atoms with Gasteiger partial charge in [-0.2, -0.15) is 0 Å². The van der Waals surface area contributed by atoms with Crippen molar-refractivity contribution in [1.29, 1.82) is 0 Å². The van der Waals surface area contributed by atoms with Crippen molar-refractivity contribution in [2.45, 2.75) is -0.330 Å². The first-order valence-electron chi connectivity index (χ1n) is 1.27. The van der Waals surface area contributed by atoms with E-state index >= 15 is 0 Å². The van der Waals surface area contributed by atoms with E-state index in [-0.39, 0.29) is 29.6 Å². The predicted octanol–water partition coefficient (Wildman–Crippen LogP) is -1.59. The van der Waals surface area contributed by atoms with Crippen LogP contribution in [0.4, 0.5) is 0 Å². The van der Waals surface area contributed by atoms with E-state index in [1.54, 1.807) is 0 Å². The Bertz CT molecular complexity index is 171. The van der Waals surface area contributed by atoms with E-state index in [0.29, 0.717) is 0 Å². The van der Waals surface area contributed by atoms with Crippen LogP contribution in [-0.4, -0.2) is 12.6 Å². The molecule has 0 N–H and O–H groups in total. The number of hydrogen-bond acceptors (Lipinski definition) is 3. The Morgan fingerprint density at radius 2 is 1.56 bits per heavy atom. The average Bonchev–Trinajstić information content (AvgIpc) is 1.25. The second kappa shape index (κ2) is 4.77. The standard InChI is InChI=1S/CHBrI2O3S.Na/c2-1(3,4)8(5,6)7;/h(H,5,6,7);/q;+1/p-1. The van der Waals surface area contributed by atoms with Gasteiger partial charge in [-0.3, -0.25) is 0 Å². The molecule has 0 aliphatic carbocycles. The monoisotopic (exact) mass is 448 g/mol. The van der Waals surface area contributed by atoms with Gasteiger partial charge in [-0.15, -0.1) is 0 Å². The number of alkyl halides is 3. The molecule has 8 heteroatoms. The van der Waals surface area contributed by atoms with E-state index in [0.717, 1.165) is 0 Å². The summed E-state index contributed by atoms with van der Waals surface area (Å²) in [6.07, 6.45) is 0. The largest absolute Gasteiger partial charge is 1.00 e. The van der Waals surface area contributed by atoms with Crippen molar-refractivity contribution in [2.24, 2.45) is 0 Å². The van der Waals surface area contributed by atoms with Crippen molar-refractivity contribution in [3.05, 3.63) is 0 Å². The van der Waals surface area contributed by atoms with Crippen LogP contribution in [0.15, 0.2) is 0 Å². The molecule has 0 fully saturated rings. The molecule has 0 rings (SSSR count). The van der Waals surface area contributed by atoms with Gasteiger partial charge in [-0.1, -0.05) is 0 Å².